The van der Waals surface area contributed by atoms with Gasteiger partial charge < -0.3 is 5.32 Å². The van der Waals surface area contributed by atoms with Crippen LogP contribution < -0.4 is 5.32 Å². The standard InChI is InChI=1S/C17H22ClN3O/c1-5-13-7-9-14(10-8-13)19-17(22)15(6-2)21-12(4)16(18)11(3)20-21/h7-10,15H,5-6H2,1-4H3,(H,19,22). The van der Waals surface area contributed by atoms with Crippen LogP contribution in [0, 0.1) is 13.8 Å². The number of rotatable bonds is 5. The molecule has 1 unspecified atom stereocenters. The van der Waals surface area contributed by atoms with Gasteiger partial charge in [0.1, 0.15) is 6.04 Å². The smallest absolute Gasteiger partial charge is 0.249 e. The summed E-state index contributed by atoms with van der Waals surface area (Å²) in [6.45, 7) is 7.80. The Morgan fingerprint density at radius 2 is 1.91 bits per heavy atom. The number of hydrogen-bond donors (Lipinski definition) is 1. The van der Waals surface area contributed by atoms with Crippen LogP contribution in [0.15, 0.2) is 24.3 Å². The highest BCUT2D eigenvalue weighted by Crippen LogP contribution is 2.24. The molecule has 1 aromatic heterocycles. The molecule has 0 aliphatic rings. The Morgan fingerprint density at radius 3 is 2.36 bits per heavy atom. The maximum atomic E-state index is 12.6. The van der Waals surface area contributed by atoms with Crippen molar-refractivity contribution in [3.8, 4) is 0 Å². The number of halogens is 1. The first kappa shape index (κ1) is 16.6. The zero-order valence-corrected chi connectivity index (χ0v) is 14.2. The van der Waals surface area contributed by atoms with Crippen LogP contribution in [0.3, 0.4) is 0 Å². The predicted molar refractivity (Wildman–Crippen MR) is 90.5 cm³/mol. The van der Waals surface area contributed by atoms with Gasteiger partial charge in [0.05, 0.1) is 16.4 Å². The number of nitrogens with zero attached hydrogens (tertiary/aromatic N) is 2. The molecule has 0 bridgehead atoms. The quantitative estimate of drug-likeness (QED) is 0.892. The highest BCUT2D eigenvalue weighted by Gasteiger charge is 2.23. The molecule has 1 N–H and O–H groups in total. The zero-order chi connectivity index (χ0) is 16.3. The van der Waals surface area contributed by atoms with E-state index in [0.717, 1.165) is 23.5 Å². The van der Waals surface area contributed by atoms with Gasteiger partial charge in [-0.2, -0.15) is 5.10 Å². The van der Waals surface area contributed by atoms with E-state index >= 15 is 0 Å². The first-order chi connectivity index (χ1) is 10.5. The van der Waals surface area contributed by atoms with Crippen molar-refractivity contribution in [1.82, 2.24) is 9.78 Å². The van der Waals surface area contributed by atoms with E-state index in [2.05, 4.69) is 17.3 Å². The monoisotopic (exact) mass is 319 g/mol. The van der Waals surface area contributed by atoms with Crippen LogP contribution in [0.4, 0.5) is 5.69 Å². The molecule has 5 heteroatoms. The van der Waals surface area contributed by atoms with Crippen LogP contribution in [-0.4, -0.2) is 15.7 Å². The Bertz CT molecular complexity index is 661. The molecule has 2 rings (SSSR count). The Hall–Kier alpha value is -1.81. The van der Waals surface area contributed by atoms with E-state index in [1.807, 2.05) is 45.0 Å². The average Bonchev–Trinajstić information content (AvgIpc) is 2.76. The summed E-state index contributed by atoms with van der Waals surface area (Å²) in [6.07, 6.45) is 1.63. The summed E-state index contributed by atoms with van der Waals surface area (Å²) in [5.41, 5.74) is 3.61. The second-order valence-electron chi connectivity index (χ2n) is 5.39. The molecule has 1 heterocycles. The Morgan fingerprint density at radius 1 is 1.27 bits per heavy atom. The number of hydrogen-bond acceptors (Lipinski definition) is 2. The second kappa shape index (κ2) is 6.97. The molecule has 4 nitrogen and oxygen atoms in total. The van der Waals surface area contributed by atoms with Crippen LogP contribution in [-0.2, 0) is 11.2 Å². The van der Waals surface area contributed by atoms with Gasteiger partial charge in [0, 0.05) is 5.69 Å². The fourth-order valence-corrected chi connectivity index (χ4v) is 2.59. The number of amides is 1. The number of carbonyl (C=O) groups is 1. The van der Waals surface area contributed by atoms with Crippen molar-refractivity contribution in [2.45, 2.75) is 46.6 Å². The minimum Gasteiger partial charge on any atom is -0.324 e. The first-order valence-electron chi connectivity index (χ1n) is 7.58. The molecule has 0 fully saturated rings. The Labute approximate surface area is 136 Å². The van der Waals surface area contributed by atoms with E-state index in [4.69, 9.17) is 11.6 Å². The summed E-state index contributed by atoms with van der Waals surface area (Å²) in [6, 6.07) is 7.54. The van der Waals surface area contributed by atoms with Crippen molar-refractivity contribution in [3.63, 3.8) is 0 Å². The minimum atomic E-state index is -0.364. The third-order valence-corrected chi connectivity index (χ3v) is 4.40. The topological polar surface area (TPSA) is 46.9 Å². The molecule has 0 saturated carbocycles. The van der Waals surface area contributed by atoms with Gasteiger partial charge in [0.2, 0.25) is 5.91 Å². The lowest BCUT2D eigenvalue weighted by molar-refractivity contribution is -0.119. The highest BCUT2D eigenvalue weighted by atomic mass is 35.5. The van der Waals surface area contributed by atoms with E-state index in [1.54, 1.807) is 4.68 Å². The number of carbonyl (C=O) groups excluding carboxylic acids is 1. The number of benzene rings is 1. The summed E-state index contributed by atoms with van der Waals surface area (Å²) in [5.74, 6) is -0.0750. The Balaban J connectivity index is 2.19. The minimum absolute atomic E-state index is 0.0750. The van der Waals surface area contributed by atoms with E-state index in [9.17, 15) is 4.79 Å². The lowest BCUT2D eigenvalue weighted by Crippen LogP contribution is -2.27. The number of aryl methyl sites for hydroxylation is 2. The normalized spacial score (nSPS) is 12.2. The Kier molecular flexibility index (Phi) is 5.24. The molecular weight excluding hydrogens is 298 g/mol. The van der Waals surface area contributed by atoms with Crippen molar-refractivity contribution in [3.05, 3.63) is 46.2 Å². The van der Waals surface area contributed by atoms with Gasteiger partial charge in [-0.25, -0.2) is 0 Å². The maximum absolute atomic E-state index is 12.6. The van der Waals surface area contributed by atoms with Gasteiger partial charge in [-0.15, -0.1) is 0 Å². The molecule has 1 amide bonds. The molecule has 0 aliphatic heterocycles. The maximum Gasteiger partial charge on any atom is 0.249 e. The van der Waals surface area contributed by atoms with E-state index < -0.39 is 0 Å². The van der Waals surface area contributed by atoms with Gasteiger partial charge in [-0.05, 0) is 44.4 Å². The largest absolute Gasteiger partial charge is 0.324 e. The predicted octanol–water partition coefficient (Wildman–Crippen LogP) is 4.31. The van der Waals surface area contributed by atoms with Crippen molar-refractivity contribution >= 4 is 23.2 Å². The summed E-state index contributed by atoms with van der Waals surface area (Å²) in [5, 5.41) is 7.97. The van der Waals surface area contributed by atoms with E-state index in [0.29, 0.717) is 11.4 Å². The van der Waals surface area contributed by atoms with Crippen molar-refractivity contribution < 1.29 is 4.79 Å². The summed E-state index contributed by atoms with van der Waals surface area (Å²) >= 11 is 6.18. The van der Waals surface area contributed by atoms with Gasteiger partial charge in [0.15, 0.2) is 0 Å². The third kappa shape index (κ3) is 3.33. The molecule has 22 heavy (non-hydrogen) atoms. The summed E-state index contributed by atoms with van der Waals surface area (Å²) < 4.78 is 1.72. The van der Waals surface area contributed by atoms with Gasteiger partial charge in [-0.3, -0.25) is 9.48 Å². The lowest BCUT2D eigenvalue weighted by atomic mass is 10.1. The number of anilines is 1. The molecule has 0 radical (unpaired) electrons. The van der Waals surface area contributed by atoms with E-state index in [-0.39, 0.29) is 11.9 Å². The van der Waals surface area contributed by atoms with Crippen molar-refractivity contribution in [2.75, 3.05) is 5.32 Å². The van der Waals surface area contributed by atoms with Crippen LogP contribution in [0.25, 0.3) is 0 Å². The van der Waals surface area contributed by atoms with Gasteiger partial charge in [0.25, 0.3) is 0 Å². The molecule has 0 saturated heterocycles. The SMILES string of the molecule is CCc1ccc(NC(=O)C(CC)n2nc(C)c(Cl)c2C)cc1. The van der Waals surface area contributed by atoms with Crippen molar-refractivity contribution in [2.24, 2.45) is 0 Å². The summed E-state index contributed by atoms with van der Waals surface area (Å²) in [4.78, 5) is 12.6. The molecular formula is C17H22ClN3O. The third-order valence-electron chi connectivity index (χ3n) is 3.85. The molecule has 2 aromatic rings. The van der Waals surface area contributed by atoms with E-state index in [1.165, 1.54) is 5.56 Å². The van der Waals surface area contributed by atoms with Gasteiger partial charge >= 0.3 is 0 Å². The van der Waals surface area contributed by atoms with Crippen molar-refractivity contribution in [1.29, 1.82) is 0 Å². The number of nitrogens with one attached hydrogen (secondary N) is 1. The van der Waals surface area contributed by atoms with Crippen LogP contribution >= 0.6 is 11.6 Å². The molecule has 1 atom stereocenters. The fourth-order valence-electron chi connectivity index (χ4n) is 2.47. The first-order valence-corrected chi connectivity index (χ1v) is 7.96. The molecule has 1 aromatic carbocycles. The van der Waals surface area contributed by atoms with Crippen LogP contribution in [0.2, 0.25) is 5.02 Å². The lowest BCUT2D eigenvalue weighted by Gasteiger charge is -2.17. The molecule has 0 aliphatic carbocycles. The fraction of sp³-hybridized carbons (Fsp3) is 0.412. The molecule has 118 valence electrons. The van der Waals surface area contributed by atoms with Crippen LogP contribution in [0.5, 0.6) is 0 Å². The molecule has 0 spiro atoms. The number of aromatic nitrogens is 2. The zero-order valence-electron chi connectivity index (χ0n) is 13.5. The summed E-state index contributed by atoms with van der Waals surface area (Å²) in [7, 11) is 0. The second-order valence-corrected chi connectivity index (χ2v) is 5.77. The average molecular weight is 320 g/mol. The van der Waals surface area contributed by atoms with Crippen LogP contribution in [0.1, 0.15) is 43.3 Å². The van der Waals surface area contributed by atoms with Gasteiger partial charge in [-0.1, -0.05) is 37.6 Å². The highest BCUT2D eigenvalue weighted by molar-refractivity contribution is 6.31.